The number of amides is 1. The first-order valence-corrected chi connectivity index (χ1v) is 4.89. The Balaban J connectivity index is 2.17. The van der Waals surface area contributed by atoms with Crippen LogP contribution in [0.25, 0.3) is 0 Å². The van der Waals surface area contributed by atoms with Crippen molar-refractivity contribution in [3.63, 3.8) is 0 Å². The van der Waals surface area contributed by atoms with Crippen LogP contribution in [0.1, 0.15) is 10.6 Å². The number of anilines is 1. The van der Waals surface area contributed by atoms with Crippen molar-refractivity contribution >= 4 is 27.7 Å². The van der Waals surface area contributed by atoms with E-state index in [-0.39, 0.29) is 11.7 Å². The highest BCUT2D eigenvalue weighted by atomic mass is 79.9. The fourth-order valence-electron chi connectivity index (χ4n) is 0.980. The van der Waals surface area contributed by atoms with Crippen molar-refractivity contribution in [2.24, 2.45) is 0 Å². The summed E-state index contributed by atoms with van der Waals surface area (Å²) in [4.78, 5) is 15.5. The topological polar surface area (TPSA) is 68.0 Å². The molecule has 1 amide bonds. The van der Waals surface area contributed by atoms with E-state index in [0.29, 0.717) is 10.3 Å². The number of carbonyl (C=O) groups is 1. The van der Waals surface area contributed by atoms with Gasteiger partial charge in [-0.3, -0.25) is 4.79 Å². The van der Waals surface area contributed by atoms with Gasteiger partial charge in [-0.05, 0) is 28.1 Å². The van der Waals surface area contributed by atoms with E-state index in [0.717, 1.165) is 0 Å². The molecule has 0 atom stereocenters. The van der Waals surface area contributed by atoms with Crippen molar-refractivity contribution in [3.8, 4) is 0 Å². The molecule has 0 radical (unpaired) electrons. The second kappa shape index (κ2) is 4.22. The van der Waals surface area contributed by atoms with E-state index in [4.69, 9.17) is 4.52 Å². The molecular formula is C9H6BrN3O2. The van der Waals surface area contributed by atoms with Gasteiger partial charge in [-0.2, -0.15) is 0 Å². The van der Waals surface area contributed by atoms with Gasteiger partial charge < -0.3 is 9.84 Å². The van der Waals surface area contributed by atoms with E-state index in [1.54, 1.807) is 18.3 Å². The third-order valence-electron chi connectivity index (χ3n) is 1.65. The van der Waals surface area contributed by atoms with Crippen molar-refractivity contribution in [1.82, 2.24) is 10.1 Å². The number of hydrogen-bond donors (Lipinski definition) is 1. The number of rotatable bonds is 2. The fraction of sp³-hybridized carbons (Fsp3) is 0. The van der Waals surface area contributed by atoms with Gasteiger partial charge in [-0.25, -0.2) is 4.98 Å². The van der Waals surface area contributed by atoms with Crippen molar-refractivity contribution in [2.45, 2.75) is 0 Å². The molecule has 5 nitrogen and oxygen atoms in total. The lowest BCUT2D eigenvalue weighted by atomic mass is 10.4. The number of pyridine rings is 1. The quantitative estimate of drug-likeness (QED) is 0.905. The van der Waals surface area contributed by atoms with Crippen LogP contribution in [0.2, 0.25) is 0 Å². The molecule has 6 heteroatoms. The first-order valence-electron chi connectivity index (χ1n) is 4.10. The molecule has 0 aliphatic heterocycles. The van der Waals surface area contributed by atoms with Crippen LogP contribution < -0.4 is 5.32 Å². The van der Waals surface area contributed by atoms with Gasteiger partial charge in [0.25, 0.3) is 5.91 Å². The summed E-state index contributed by atoms with van der Waals surface area (Å²) < 4.78 is 5.41. The summed E-state index contributed by atoms with van der Waals surface area (Å²) in [7, 11) is 0. The van der Waals surface area contributed by atoms with Crippen molar-refractivity contribution in [2.75, 3.05) is 5.32 Å². The summed E-state index contributed by atoms with van der Waals surface area (Å²) in [6, 6.07) is 5.02. The highest BCUT2D eigenvalue weighted by Crippen LogP contribution is 2.18. The lowest BCUT2D eigenvalue weighted by Gasteiger charge is -2.02. The Morgan fingerprint density at radius 1 is 1.40 bits per heavy atom. The van der Waals surface area contributed by atoms with Crippen molar-refractivity contribution in [1.29, 1.82) is 0 Å². The molecule has 2 aromatic heterocycles. The average molecular weight is 268 g/mol. The summed E-state index contributed by atoms with van der Waals surface area (Å²) in [6.45, 7) is 0. The molecule has 0 saturated carbocycles. The Bertz CT molecular complexity index is 470. The molecule has 1 N–H and O–H groups in total. The molecule has 0 unspecified atom stereocenters. The van der Waals surface area contributed by atoms with Crippen LogP contribution in [-0.2, 0) is 0 Å². The molecule has 0 bridgehead atoms. The summed E-state index contributed by atoms with van der Waals surface area (Å²) in [5.41, 5.74) is 0. The van der Waals surface area contributed by atoms with Gasteiger partial charge in [0.05, 0.1) is 10.7 Å². The lowest BCUT2D eigenvalue weighted by molar-refractivity contribution is 0.0987. The molecule has 0 aliphatic carbocycles. The first-order chi connectivity index (χ1) is 7.27. The minimum Gasteiger partial charge on any atom is -0.351 e. The summed E-state index contributed by atoms with van der Waals surface area (Å²) in [6.07, 6.45) is 2.99. The van der Waals surface area contributed by atoms with Crippen LogP contribution in [0.5, 0.6) is 0 Å². The molecule has 0 spiro atoms. The van der Waals surface area contributed by atoms with E-state index in [2.05, 4.69) is 31.4 Å². The first kappa shape index (κ1) is 9.85. The van der Waals surface area contributed by atoms with Crippen LogP contribution in [0, 0.1) is 0 Å². The zero-order valence-corrected chi connectivity index (χ0v) is 9.06. The number of aromatic nitrogens is 2. The number of nitrogens with one attached hydrogen (secondary N) is 1. The maximum absolute atomic E-state index is 11.5. The second-order valence-corrected chi connectivity index (χ2v) is 3.52. The van der Waals surface area contributed by atoms with Crippen molar-refractivity contribution in [3.05, 3.63) is 40.8 Å². The third kappa shape index (κ3) is 2.21. The predicted octanol–water partition coefficient (Wildman–Crippen LogP) is 2.08. The highest BCUT2D eigenvalue weighted by molar-refractivity contribution is 9.10. The second-order valence-electron chi connectivity index (χ2n) is 2.66. The molecule has 76 valence electrons. The smallest absolute Gasteiger partial charge is 0.295 e. The van der Waals surface area contributed by atoms with Gasteiger partial charge in [0, 0.05) is 12.3 Å². The van der Waals surface area contributed by atoms with E-state index in [1.807, 2.05) is 0 Å². The maximum atomic E-state index is 11.5. The van der Waals surface area contributed by atoms with E-state index in [1.165, 1.54) is 12.3 Å². The Morgan fingerprint density at radius 2 is 2.27 bits per heavy atom. The predicted molar refractivity (Wildman–Crippen MR) is 56.4 cm³/mol. The number of halogens is 1. The lowest BCUT2D eigenvalue weighted by Crippen LogP contribution is -2.12. The van der Waals surface area contributed by atoms with Crippen LogP contribution in [0.4, 0.5) is 5.82 Å². The minimum absolute atomic E-state index is 0.146. The number of carbonyl (C=O) groups excluding carboxylic acids is 1. The summed E-state index contributed by atoms with van der Waals surface area (Å²) in [5.74, 6) is 0.207. The van der Waals surface area contributed by atoms with Crippen LogP contribution in [0.15, 0.2) is 39.6 Å². The van der Waals surface area contributed by atoms with Crippen molar-refractivity contribution < 1.29 is 9.32 Å². The maximum Gasteiger partial charge on any atom is 0.295 e. The fourth-order valence-corrected chi connectivity index (χ4v) is 1.33. The number of hydrogen-bond acceptors (Lipinski definition) is 4. The largest absolute Gasteiger partial charge is 0.351 e. The Hall–Kier alpha value is -1.69. The standard InChI is InChI=1S/C9H6BrN3O2/c10-6-2-1-4-11-8(6)13-9(14)7-3-5-12-15-7/h1-5H,(H,11,13,14). The Kier molecular flexibility index (Phi) is 2.77. The Labute approximate surface area is 93.6 Å². The molecule has 0 aliphatic rings. The van der Waals surface area contributed by atoms with Gasteiger partial charge >= 0.3 is 0 Å². The summed E-state index contributed by atoms with van der Waals surface area (Å²) in [5, 5.41) is 6.02. The van der Waals surface area contributed by atoms with Crippen LogP contribution in [0.3, 0.4) is 0 Å². The average Bonchev–Trinajstić information content (AvgIpc) is 2.74. The van der Waals surface area contributed by atoms with Gasteiger partial charge in [0.1, 0.15) is 5.82 Å². The van der Waals surface area contributed by atoms with E-state index < -0.39 is 0 Å². The minimum atomic E-state index is -0.382. The summed E-state index contributed by atoms with van der Waals surface area (Å²) >= 11 is 3.26. The SMILES string of the molecule is O=C(Nc1ncccc1Br)c1ccno1. The zero-order chi connectivity index (χ0) is 10.7. The molecule has 0 aromatic carbocycles. The monoisotopic (exact) mass is 267 g/mol. The third-order valence-corrected chi connectivity index (χ3v) is 2.29. The van der Waals surface area contributed by atoms with Gasteiger partial charge in [0.15, 0.2) is 0 Å². The van der Waals surface area contributed by atoms with Gasteiger partial charge in [0.2, 0.25) is 5.76 Å². The Morgan fingerprint density at radius 3 is 2.93 bits per heavy atom. The van der Waals surface area contributed by atoms with Gasteiger partial charge in [-0.1, -0.05) is 5.16 Å². The molecule has 15 heavy (non-hydrogen) atoms. The molecule has 2 rings (SSSR count). The number of nitrogens with zero attached hydrogens (tertiary/aromatic N) is 2. The molecular weight excluding hydrogens is 262 g/mol. The van der Waals surface area contributed by atoms with Crippen LogP contribution >= 0.6 is 15.9 Å². The van der Waals surface area contributed by atoms with Gasteiger partial charge in [-0.15, -0.1) is 0 Å². The highest BCUT2D eigenvalue weighted by Gasteiger charge is 2.11. The normalized spacial score (nSPS) is 9.93. The molecule has 0 fully saturated rings. The van der Waals surface area contributed by atoms with Crippen LogP contribution in [-0.4, -0.2) is 16.0 Å². The van der Waals surface area contributed by atoms with E-state index in [9.17, 15) is 4.79 Å². The molecule has 2 heterocycles. The zero-order valence-electron chi connectivity index (χ0n) is 7.48. The molecule has 2 aromatic rings. The molecule has 0 saturated heterocycles. The van der Waals surface area contributed by atoms with E-state index >= 15 is 0 Å².